The number of hydrogen-bond acceptors (Lipinski definition) is 3. The lowest BCUT2D eigenvalue weighted by Crippen LogP contribution is -2.53. The third-order valence-electron chi connectivity index (χ3n) is 3.79. The van der Waals surface area contributed by atoms with Crippen LogP contribution in [0.15, 0.2) is 22.9 Å². The van der Waals surface area contributed by atoms with Gasteiger partial charge in [0.05, 0.1) is 28.9 Å². The van der Waals surface area contributed by atoms with Crippen molar-refractivity contribution < 1.29 is 4.74 Å². The van der Waals surface area contributed by atoms with E-state index in [1.54, 1.807) is 0 Å². The number of anilines is 1. The standard InChI is InChI=1S/C13H17BrN2O/c14-10-9-15-6-5-11(10)16-7-8-17-13-4-2-1-3-12(13)16/h5-6,9,12-13H,1-4,7-8H2. The Bertz CT molecular complexity index is 397. The number of rotatable bonds is 1. The van der Waals surface area contributed by atoms with E-state index in [0.717, 1.165) is 17.6 Å². The minimum absolute atomic E-state index is 0.428. The van der Waals surface area contributed by atoms with Gasteiger partial charge in [-0.15, -0.1) is 0 Å². The number of aromatic nitrogens is 1. The molecule has 3 rings (SSSR count). The van der Waals surface area contributed by atoms with E-state index in [9.17, 15) is 0 Å². The van der Waals surface area contributed by atoms with Crippen molar-refractivity contribution in [1.82, 2.24) is 4.98 Å². The van der Waals surface area contributed by atoms with Gasteiger partial charge >= 0.3 is 0 Å². The molecule has 0 N–H and O–H groups in total. The van der Waals surface area contributed by atoms with Crippen LogP contribution in [0.5, 0.6) is 0 Å². The number of halogens is 1. The van der Waals surface area contributed by atoms with Gasteiger partial charge in [-0.3, -0.25) is 4.98 Å². The van der Waals surface area contributed by atoms with Crippen molar-refractivity contribution >= 4 is 21.6 Å². The zero-order chi connectivity index (χ0) is 11.7. The fraction of sp³-hybridized carbons (Fsp3) is 0.615. The number of fused-ring (bicyclic) bond motifs is 1. The summed E-state index contributed by atoms with van der Waals surface area (Å²) in [6.45, 7) is 1.83. The van der Waals surface area contributed by atoms with Gasteiger partial charge < -0.3 is 9.64 Å². The lowest BCUT2D eigenvalue weighted by molar-refractivity contribution is -0.00873. The van der Waals surface area contributed by atoms with Crippen molar-refractivity contribution in [2.24, 2.45) is 0 Å². The van der Waals surface area contributed by atoms with Crippen molar-refractivity contribution in [3.8, 4) is 0 Å². The van der Waals surface area contributed by atoms with Crippen LogP contribution in [0.3, 0.4) is 0 Å². The van der Waals surface area contributed by atoms with E-state index < -0.39 is 0 Å². The first kappa shape index (κ1) is 11.5. The number of ether oxygens (including phenoxy) is 1. The van der Waals surface area contributed by atoms with Crippen LogP contribution in [0.1, 0.15) is 25.7 Å². The van der Waals surface area contributed by atoms with Gasteiger partial charge in [-0.05, 0) is 34.8 Å². The minimum Gasteiger partial charge on any atom is -0.374 e. The summed E-state index contributed by atoms with van der Waals surface area (Å²) in [5.74, 6) is 0. The monoisotopic (exact) mass is 296 g/mol. The van der Waals surface area contributed by atoms with Crippen molar-refractivity contribution in [1.29, 1.82) is 0 Å². The van der Waals surface area contributed by atoms with E-state index in [0.29, 0.717) is 12.1 Å². The molecule has 2 heterocycles. The lowest BCUT2D eigenvalue weighted by Gasteiger charge is -2.45. The summed E-state index contributed by atoms with van der Waals surface area (Å²) in [5, 5.41) is 0. The molecule has 2 atom stereocenters. The van der Waals surface area contributed by atoms with Gasteiger partial charge in [0.2, 0.25) is 0 Å². The second-order valence-corrected chi connectivity index (χ2v) is 5.64. The van der Waals surface area contributed by atoms with Crippen LogP contribution >= 0.6 is 15.9 Å². The van der Waals surface area contributed by atoms with E-state index >= 15 is 0 Å². The first-order valence-electron chi connectivity index (χ1n) is 6.34. The molecule has 4 heteroatoms. The Kier molecular flexibility index (Phi) is 3.34. The highest BCUT2D eigenvalue weighted by atomic mass is 79.9. The third-order valence-corrected chi connectivity index (χ3v) is 4.40. The van der Waals surface area contributed by atoms with E-state index in [-0.39, 0.29) is 0 Å². The smallest absolute Gasteiger partial charge is 0.0779 e. The maximum absolute atomic E-state index is 5.90. The third kappa shape index (κ3) is 2.20. The lowest BCUT2D eigenvalue weighted by atomic mass is 9.90. The average Bonchev–Trinajstić information content (AvgIpc) is 2.39. The van der Waals surface area contributed by atoms with Gasteiger partial charge in [-0.25, -0.2) is 0 Å². The molecule has 1 aromatic rings. The SMILES string of the molecule is Brc1cnccc1N1CCOC2CCCCC21. The van der Waals surface area contributed by atoms with Crippen LogP contribution in [0.25, 0.3) is 0 Å². The molecule has 92 valence electrons. The molecule has 1 aromatic heterocycles. The highest BCUT2D eigenvalue weighted by Crippen LogP contribution is 2.34. The molecule has 0 bridgehead atoms. The van der Waals surface area contributed by atoms with Gasteiger partial charge in [0, 0.05) is 18.9 Å². The fourth-order valence-electron chi connectivity index (χ4n) is 3.00. The Hall–Kier alpha value is -0.610. The predicted octanol–water partition coefficient (Wildman–Crippen LogP) is 2.99. The largest absolute Gasteiger partial charge is 0.374 e. The normalized spacial score (nSPS) is 28.9. The van der Waals surface area contributed by atoms with Crippen molar-refractivity contribution in [3.05, 3.63) is 22.9 Å². The van der Waals surface area contributed by atoms with E-state index in [1.165, 1.54) is 31.4 Å². The van der Waals surface area contributed by atoms with Crippen molar-refractivity contribution in [2.45, 2.75) is 37.8 Å². The Morgan fingerprint density at radius 1 is 1.35 bits per heavy atom. The summed E-state index contributed by atoms with van der Waals surface area (Å²) in [4.78, 5) is 6.64. The van der Waals surface area contributed by atoms with E-state index in [1.807, 2.05) is 12.4 Å². The summed E-state index contributed by atoms with van der Waals surface area (Å²) in [6, 6.07) is 2.65. The molecule has 1 saturated heterocycles. The molecule has 2 unspecified atom stereocenters. The van der Waals surface area contributed by atoms with Crippen molar-refractivity contribution in [2.75, 3.05) is 18.1 Å². The van der Waals surface area contributed by atoms with E-state index in [4.69, 9.17) is 4.74 Å². The molecule has 1 saturated carbocycles. The molecule has 17 heavy (non-hydrogen) atoms. The number of pyridine rings is 1. The van der Waals surface area contributed by atoms with Crippen LogP contribution in [0, 0.1) is 0 Å². The van der Waals surface area contributed by atoms with Crippen LogP contribution < -0.4 is 4.90 Å². The number of nitrogens with zero attached hydrogens (tertiary/aromatic N) is 2. The van der Waals surface area contributed by atoms with Crippen LogP contribution in [-0.4, -0.2) is 30.3 Å². The molecule has 0 spiro atoms. The summed E-state index contributed by atoms with van der Waals surface area (Å²) in [6.07, 6.45) is 9.27. The van der Waals surface area contributed by atoms with Gasteiger partial charge in [0.25, 0.3) is 0 Å². The summed E-state index contributed by atoms with van der Waals surface area (Å²) < 4.78 is 6.99. The second-order valence-electron chi connectivity index (χ2n) is 4.78. The summed E-state index contributed by atoms with van der Waals surface area (Å²) in [7, 11) is 0. The Morgan fingerprint density at radius 3 is 3.12 bits per heavy atom. The predicted molar refractivity (Wildman–Crippen MR) is 71.3 cm³/mol. The van der Waals surface area contributed by atoms with Crippen molar-refractivity contribution in [3.63, 3.8) is 0 Å². The summed E-state index contributed by atoms with van der Waals surface area (Å²) >= 11 is 3.60. The highest BCUT2D eigenvalue weighted by molar-refractivity contribution is 9.10. The minimum atomic E-state index is 0.428. The highest BCUT2D eigenvalue weighted by Gasteiger charge is 2.34. The summed E-state index contributed by atoms with van der Waals surface area (Å²) in [5.41, 5.74) is 1.26. The van der Waals surface area contributed by atoms with Gasteiger partial charge in [0.1, 0.15) is 0 Å². The molecule has 1 aliphatic heterocycles. The molecular weight excluding hydrogens is 280 g/mol. The molecule has 0 aromatic carbocycles. The zero-order valence-corrected chi connectivity index (χ0v) is 11.4. The molecule has 2 aliphatic rings. The second kappa shape index (κ2) is 4.94. The fourth-order valence-corrected chi connectivity index (χ4v) is 3.47. The zero-order valence-electron chi connectivity index (χ0n) is 9.81. The average molecular weight is 297 g/mol. The molecule has 3 nitrogen and oxygen atoms in total. The van der Waals surface area contributed by atoms with Gasteiger partial charge in [0.15, 0.2) is 0 Å². The van der Waals surface area contributed by atoms with Crippen LogP contribution in [0.2, 0.25) is 0 Å². The molecule has 2 fully saturated rings. The topological polar surface area (TPSA) is 25.4 Å². The maximum Gasteiger partial charge on any atom is 0.0779 e. The molecule has 0 radical (unpaired) electrons. The Balaban J connectivity index is 1.88. The molecular formula is C13H17BrN2O. The van der Waals surface area contributed by atoms with E-state index in [2.05, 4.69) is 31.9 Å². The quantitative estimate of drug-likeness (QED) is 0.797. The van der Waals surface area contributed by atoms with Crippen LogP contribution in [-0.2, 0) is 4.74 Å². The maximum atomic E-state index is 5.90. The molecule has 1 aliphatic carbocycles. The van der Waals surface area contributed by atoms with Gasteiger partial charge in [-0.2, -0.15) is 0 Å². The molecule has 0 amide bonds. The number of hydrogen-bond donors (Lipinski definition) is 0. The van der Waals surface area contributed by atoms with Gasteiger partial charge in [-0.1, -0.05) is 12.8 Å². The Morgan fingerprint density at radius 2 is 2.24 bits per heavy atom. The first-order chi connectivity index (χ1) is 8.36. The van der Waals surface area contributed by atoms with Crippen LogP contribution in [0.4, 0.5) is 5.69 Å². The Labute approximate surface area is 110 Å². The number of morpholine rings is 1. The first-order valence-corrected chi connectivity index (χ1v) is 7.13.